The van der Waals surface area contributed by atoms with Gasteiger partial charge in [-0.3, -0.25) is 4.79 Å². The molecule has 2 aliphatic rings. The number of benzene rings is 2. The van der Waals surface area contributed by atoms with Gasteiger partial charge in [0.15, 0.2) is 0 Å². The summed E-state index contributed by atoms with van der Waals surface area (Å²) in [7, 11) is 1.68. The lowest BCUT2D eigenvalue weighted by molar-refractivity contribution is -0.134. The first kappa shape index (κ1) is 16.0. The lowest BCUT2D eigenvalue weighted by Crippen LogP contribution is -2.51. The molecule has 2 aromatic rings. The van der Waals surface area contributed by atoms with Crippen LogP contribution < -0.4 is 9.64 Å². The van der Waals surface area contributed by atoms with Crippen LogP contribution in [0, 0.1) is 0 Å². The van der Waals surface area contributed by atoms with E-state index in [1.807, 2.05) is 35.2 Å². The summed E-state index contributed by atoms with van der Waals surface area (Å²) < 4.78 is 5.51. The van der Waals surface area contributed by atoms with Gasteiger partial charge in [-0.25, -0.2) is 0 Å². The third-order valence-electron chi connectivity index (χ3n) is 5.47. The molecule has 0 atom stereocenters. The number of carbonyl (C=O) groups excluding carboxylic acids is 1. The Morgan fingerprint density at radius 1 is 0.920 bits per heavy atom. The first-order valence-electron chi connectivity index (χ1n) is 8.97. The minimum atomic E-state index is -0.360. The number of hydrogen-bond acceptors (Lipinski definition) is 3. The fraction of sp³-hybridized carbons (Fsp3) is 0.381. The zero-order chi connectivity index (χ0) is 17.3. The van der Waals surface area contributed by atoms with Crippen LogP contribution in [0.15, 0.2) is 54.6 Å². The topological polar surface area (TPSA) is 32.8 Å². The Morgan fingerprint density at radius 3 is 2.20 bits per heavy atom. The third kappa shape index (κ3) is 2.86. The number of para-hydroxylation sites is 2. The number of rotatable bonds is 4. The highest BCUT2D eigenvalue weighted by Crippen LogP contribution is 2.52. The molecular formula is C21H24N2O2. The van der Waals surface area contributed by atoms with E-state index in [1.165, 1.54) is 5.69 Å². The van der Waals surface area contributed by atoms with Crippen LogP contribution in [-0.4, -0.2) is 44.1 Å². The maximum atomic E-state index is 13.2. The number of hydrogen-bond donors (Lipinski definition) is 0. The van der Waals surface area contributed by atoms with Crippen LogP contribution in [0.25, 0.3) is 0 Å². The molecule has 4 heteroatoms. The molecule has 0 spiro atoms. The second kappa shape index (κ2) is 6.43. The maximum Gasteiger partial charge on any atom is 0.233 e. The third-order valence-corrected chi connectivity index (χ3v) is 5.47. The molecule has 0 bridgehead atoms. The summed E-state index contributed by atoms with van der Waals surface area (Å²) in [6, 6.07) is 18.4. The fourth-order valence-corrected chi connectivity index (χ4v) is 3.87. The van der Waals surface area contributed by atoms with Gasteiger partial charge in [0.25, 0.3) is 0 Å². The van der Waals surface area contributed by atoms with Gasteiger partial charge < -0.3 is 14.5 Å². The zero-order valence-electron chi connectivity index (χ0n) is 14.6. The number of carbonyl (C=O) groups is 1. The van der Waals surface area contributed by atoms with Crippen molar-refractivity contribution < 1.29 is 9.53 Å². The number of anilines is 1. The first-order chi connectivity index (χ1) is 12.2. The van der Waals surface area contributed by atoms with Crippen LogP contribution in [0.2, 0.25) is 0 Å². The van der Waals surface area contributed by atoms with Crippen molar-refractivity contribution >= 4 is 11.6 Å². The Hall–Kier alpha value is -2.49. The van der Waals surface area contributed by atoms with Crippen LogP contribution >= 0.6 is 0 Å². The Bertz CT molecular complexity index is 748. The summed E-state index contributed by atoms with van der Waals surface area (Å²) in [5.74, 6) is 1.10. The Kier molecular flexibility index (Phi) is 4.12. The summed E-state index contributed by atoms with van der Waals surface area (Å²) in [5, 5.41) is 0. The second-order valence-corrected chi connectivity index (χ2v) is 6.90. The lowest BCUT2D eigenvalue weighted by Gasteiger charge is -2.38. The number of amides is 1. The van der Waals surface area contributed by atoms with Crippen molar-refractivity contribution in [2.24, 2.45) is 0 Å². The molecule has 4 rings (SSSR count). The molecule has 1 saturated heterocycles. The van der Waals surface area contributed by atoms with Gasteiger partial charge in [-0.05, 0) is 31.0 Å². The van der Waals surface area contributed by atoms with E-state index in [2.05, 4.69) is 29.2 Å². The van der Waals surface area contributed by atoms with Gasteiger partial charge in [0.05, 0.1) is 12.5 Å². The summed E-state index contributed by atoms with van der Waals surface area (Å²) in [6.07, 6.45) is 1.84. The standard InChI is InChI=1S/C21H24N2O2/c1-25-19-10-6-5-9-18(19)21(11-12-21)20(24)23-15-13-22(14-16-23)17-7-3-2-4-8-17/h2-10H,11-16H2,1H3. The lowest BCUT2D eigenvalue weighted by atomic mass is 9.93. The molecule has 2 fully saturated rings. The molecule has 0 unspecified atom stereocenters. The Labute approximate surface area is 149 Å². The van der Waals surface area contributed by atoms with Gasteiger partial charge >= 0.3 is 0 Å². The molecule has 0 aromatic heterocycles. The molecule has 130 valence electrons. The molecule has 0 radical (unpaired) electrons. The average Bonchev–Trinajstić information content (AvgIpc) is 3.50. The minimum Gasteiger partial charge on any atom is -0.496 e. The van der Waals surface area contributed by atoms with Crippen molar-refractivity contribution in [3.8, 4) is 5.75 Å². The smallest absolute Gasteiger partial charge is 0.233 e. The molecule has 2 aromatic carbocycles. The summed E-state index contributed by atoms with van der Waals surface area (Å²) in [5.41, 5.74) is 1.93. The second-order valence-electron chi connectivity index (χ2n) is 6.90. The quantitative estimate of drug-likeness (QED) is 0.860. The highest BCUT2D eigenvalue weighted by Gasteiger charge is 2.54. The normalized spacial score (nSPS) is 18.8. The maximum absolute atomic E-state index is 13.2. The van der Waals surface area contributed by atoms with Crippen molar-refractivity contribution in [2.75, 3.05) is 38.2 Å². The highest BCUT2D eigenvalue weighted by molar-refractivity contribution is 5.92. The highest BCUT2D eigenvalue weighted by atomic mass is 16.5. The van der Waals surface area contributed by atoms with Gasteiger partial charge in [0.1, 0.15) is 5.75 Å². The number of piperazine rings is 1. The molecule has 25 heavy (non-hydrogen) atoms. The van der Waals surface area contributed by atoms with Crippen LogP contribution in [-0.2, 0) is 10.2 Å². The SMILES string of the molecule is COc1ccccc1C1(C(=O)N2CCN(c3ccccc3)CC2)CC1. The average molecular weight is 336 g/mol. The molecule has 0 N–H and O–H groups in total. The molecule has 4 nitrogen and oxygen atoms in total. The molecule has 1 aliphatic heterocycles. The largest absolute Gasteiger partial charge is 0.496 e. The van der Waals surface area contributed by atoms with E-state index in [4.69, 9.17) is 4.74 Å². The van der Waals surface area contributed by atoms with Crippen LogP contribution in [0.3, 0.4) is 0 Å². The van der Waals surface area contributed by atoms with E-state index in [9.17, 15) is 4.79 Å². The number of nitrogens with zero attached hydrogens (tertiary/aromatic N) is 2. The fourth-order valence-electron chi connectivity index (χ4n) is 3.87. The Morgan fingerprint density at radius 2 is 1.56 bits per heavy atom. The van der Waals surface area contributed by atoms with Gasteiger partial charge in [-0.15, -0.1) is 0 Å². The van der Waals surface area contributed by atoms with Crippen LogP contribution in [0.5, 0.6) is 5.75 Å². The van der Waals surface area contributed by atoms with Crippen LogP contribution in [0.1, 0.15) is 18.4 Å². The number of methoxy groups -OCH3 is 1. The molecular weight excluding hydrogens is 312 g/mol. The van der Waals surface area contributed by atoms with Gasteiger partial charge in [-0.1, -0.05) is 36.4 Å². The minimum absolute atomic E-state index is 0.268. The summed E-state index contributed by atoms with van der Waals surface area (Å²) in [6.45, 7) is 3.34. The molecule has 1 amide bonds. The van der Waals surface area contributed by atoms with Gasteiger partial charge in [0.2, 0.25) is 5.91 Å². The zero-order valence-corrected chi connectivity index (χ0v) is 14.6. The summed E-state index contributed by atoms with van der Waals surface area (Å²) >= 11 is 0. The van der Waals surface area contributed by atoms with Crippen molar-refractivity contribution in [1.29, 1.82) is 0 Å². The molecule has 1 saturated carbocycles. The molecule has 1 heterocycles. The van der Waals surface area contributed by atoms with E-state index in [1.54, 1.807) is 7.11 Å². The van der Waals surface area contributed by atoms with Gasteiger partial charge in [-0.2, -0.15) is 0 Å². The van der Waals surface area contributed by atoms with E-state index < -0.39 is 0 Å². The molecule has 1 aliphatic carbocycles. The predicted molar refractivity (Wildman–Crippen MR) is 99.1 cm³/mol. The predicted octanol–water partition coefficient (Wildman–Crippen LogP) is 3.08. The first-order valence-corrected chi connectivity index (χ1v) is 8.97. The van der Waals surface area contributed by atoms with E-state index in [0.717, 1.165) is 50.3 Å². The number of ether oxygens (including phenoxy) is 1. The van der Waals surface area contributed by atoms with E-state index in [-0.39, 0.29) is 11.3 Å². The monoisotopic (exact) mass is 336 g/mol. The summed E-state index contributed by atoms with van der Waals surface area (Å²) in [4.78, 5) is 17.6. The van der Waals surface area contributed by atoms with Crippen molar-refractivity contribution in [3.63, 3.8) is 0 Å². The van der Waals surface area contributed by atoms with Crippen LogP contribution in [0.4, 0.5) is 5.69 Å². The van der Waals surface area contributed by atoms with Gasteiger partial charge in [0, 0.05) is 37.4 Å². The van der Waals surface area contributed by atoms with E-state index >= 15 is 0 Å². The van der Waals surface area contributed by atoms with Crippen molar-refractivity contribution in [1.82, 2.24) is 4.90 Å². The van der Waals surface area contributed by atoms with E-state index in [0.29, 0.717) is 0 Å². The van der Waals surface area contributed by atoms with Crippen molar-refractivity contribution in [3.05, 3.63) is 60.2 Å². The Balaban J connectivity index is 1.47. The van der Waals surface area contributed by atoms with Crippen molar-refractivity contribution in [2.45, 2.75) is 18.3 Å².